The summed E-state index contributed by atoms with van der Waals surface area (Å²) >= 11 is 1.70. The number of nitrogens with zero attached hydrogens (tertiary/aromatic N) is 1. The van der Waals surface area contributed by atoms with Crippen molar-refractivity contribution in [1.29, 1.82) is 0 Å². The Morgan fingerprint density at radius 2 is 2.33 bits per heavy atom. The van der Waals surface area contributed by atoms with Crippen LogP contribution in [0.1, 0.15) is 32.2 Å². The first-order valence-corrected chi connectivity index (χ1v) is 5.15. The Balaban J connectivity index is 2.36. The fraction of sp³-hybridized carbons (Fsp3) is 0.667. The topological polar surface area (TPSA) is 24.9 Å². The van der Waals surface area contributed by atoms with Crippen molar-refractivity contribution in [2.45, 2.75) is 39.3 Å². The summed E-state index contributed by atoms with van der Waals surface area (Å²) < 4.78 is 0. The van der Waals surface area contributed by atoms with Gasteiger partial charge in [-0.1, -0.05) is 6.92 Å². The molecule has 0 bridgehead atoms. The minimum atomic E-state index is 0.228. The van der Waals surface area contributed by atoms with Crippen LogP contribution in [0.3, 0.4) is 0 Å². The normalized spacial score (nSPS) is 11.9. The summed E-state index contributed by atoms with van der Waals surface area (Å²) in [7, 11) is 0. The van der Waals surface area contributed by atoms with E-state index in [2.05, 4.69) is 31.1 Å². The number of thiazole rings is 1. The SMILES string of the molecule is CCC(C)(C)NCc1nccs1. The zero-order chi connectivity index (χ0) is 9.03. The third-order valence-electron chi connectivity index (χ3n) is 2.09. The number of rotatable bonds is 4. The summed E-state index contributed by atoms with van der Waals surface area (Å²) in [5.41, 5.74) is 0.228. The second kappa shape index (κ2) is 4.01. The third kappa shape index (κ3) is 2.91. The van der Waals surface area contributed by atoms with Crippen molar-refractivity contribution in [2.75, 3.05) is 0 Å². The zero-order valence-electron chi connectivity index (χ0n) is 7.92. The van der Waals surface area contributed by atoms with Crippen LogP contribution in [0.4, 0.5) is 0 Å². The summed E-state index contributed by atoms with van der Waals surface area (Å²) in [6.07, 6.45) is 2.99. The standard InChI is InChI=1S/C9H16N2S/c1-4-9(2,3)11-7-8-10-5-6-12-8/h5-6,11H,4,7H2,1-3H3. The molecule has 68 valence electrons. The van der Waals surface area contributed by atoms with Gasteiger partial charge in [0.15, 0.2) is 0 Å². The van der Waals surface area contributed by atoms with Gasteiger partial charge < -0.3 is 5.32 Å². The molecule has 1 N–H and O–H groups in total. The highest BCUT2D eigenvalue weighted by Gasteiger charge is 2.13. The van der Waals surface area contributed by atoms with Crippen LogP contribution < -0.4 is 5.32 Å². The molecule has 1 aromatic heterocycles. The van der Waals surface area contributed by atoms with E-state index in [1.807, 2.05) is 11.6 Å². The van der Waals surface area contributed by atoms with Crippen LogP contribution in [-0.4, -0.2) is 10.5 Å². The lowest BCUT2D eigenvalue weighted by Gasteiger charge is -2.23. The van der Waals surface area contributed by atoms with Crippen LogP contribution in [0.5, 0.6) is 0 Å². The summed E-state index contributed by atoms with van der Waals surface area (Å²) in [6, 6.07) is 0. The van der Waals surface area contributed by atoms with Gasteiger partial charge in [-0.3, -0.25) is 0 Å². The predicted octanol–water partition coefficient (Wildman–Crippen LogP) is 2.42. The zero-order valence-corrected chi connectivity index (χ0v) is 8.74. The molecule has 12 heavy (non-hydrogen) atoms. The second-order valence-corrected chi connectivity index (χ2v) is 4.50. The number of nitrogens with one attached hydrogen (secondary N) is 1. The van der Waals surface area contributed by atoms with Crippen molar-refractivity contribution in [3.05, 3.63) is 16.6 Å². The smallest absolute Gasteiger partial charge is 0.106 e. The molecule has 1 heterocycles. The monoisotopic (exact) mass is 184 g/mol. The van der Waals surface area contributed by atoms with Crippen molar-refractivity contribution in [3.63, 3.8) is 0 Å². The van der Waals surface area contributed by atoms with Crippen molar-refractivity contribution in [2.24, 2.45) is 0 Å². The molecule has 0 aliphatic rings. The fourth-order valence-electron chi connectivity index (χ4n) is 0.780. The maximum Gasteiger partial charge on any atom is 0.106 e. The molecule has 0 spiro atoms. The van der Waals surface area contributed by atoms with Gasteiger partial charge in [0, 0.05) is 23.7 Å². The summed E-state index contributed by atoms with van der Waals surface area (Å²) in [5.74, 6) is 0. The maximum atomic E-state index is 4.21. The summed E-state index contributed by atoms with van der Waals surface area (Å²) in [5, 5.41) is 6.63. The first-order valence-electron chi connectivity index (χ1n) is 4.27. The van der Waals surface area contributed by atoms with E-state index in [1.165, 1.54) is 0 Å². The largest absolute Gasteiger partial charge is 0.305 e. The molecule has 0 aromatic carbocycles. The minimum absolute atomic E-state index is 0.228. The lowest BCUT2D eigenvalue weighted by atomic mass is 10.0. The Morgan fingerprint density at radius 3 is 2.83 bits per heavy atom. The highest BCUT2D eigenvalue weighted by Crippen LogP contribution is 2.10. The molecule has 0 aliphatic heterocycles. The molecule has 0 fully saturated rings. The van der Waals surface area contributed by atoms with E-state index >= 15 is 0 Å². The molecule has 0 radical (unpaired) electrons. The van der Waals surface area contributed by atoms with Crippen molar-refractivity contribution < 1.29 is 0 Å². The van der Waals surface area contributed by atoms with Gasteiger partial charge in [-0.05, 0) is 20.3 Å². The van der Waals surface area contributed by atoms with Gasteiger partial charge in [0.05, 0.1) is 0 Å². The van der Waals surface area contributed by atoms with E-state index in [9.17, 15) is 0 Å². The van der Waals surface area contributed by atoms with Crippen molar-refractivity contribution >= 4 is 11.3 Å². The number of aromatic nitrogens is 1. The quantitative estimate of drug-likeness (QED) is 0.777. The van der Waals surface area contributed by atoms with Crippen molar-refractivity contribution in [1.82, 2.24) is 10.3 Å². The van der Waals surface area contributed by atoms with E-state index in [-0.39, 0.29) is 5.54 Å². The maximum absolute atomic E-state index is 4.21. The van der Waals surface area contributed by atoms with Gasteiger partial charge in [0.1, 0.15) is 5.01 Å². The van der Waals surface area contributed by atoms with Crippen molar-refractivity contribution in [3.8, 4) is 0 Å². The molecule has 2 nitrogen and oxygen atoms in total. The number of hydrogen-bond donors (Lipinski definition) is 1. The molecule has 1 rings (SSSR count). The first-order chi connectivity index (χ1) is 5.64. The van der Waals surface area contributed by atoms with Crippen LogP contribution in [0, 0.1) is 0 Å². The van der Waals surface area contributed by atoms with Gasteiger partial charge in [0.25, 0.3) is 0 Å². The van der Waals surface area contributed by atoms with E-state index in [0.717, 1.165) is 18.0 Å². The molecule has 0 atom stereocenters. The van der Waals surface area contributed by atoms with E-state index in [4.69, 9.17) is 0 Å². The molecule has 3 heteroatoms. The van der Waals surface area contributed by atoms with Gasteiger partial charge in [-0.15, -0.1) is 11.3 Å². The third-order valence-corrected chi connectivity index (χ3v) is 2.87. The average Bonchev–Trinajstić information content (AvgIpc) is 2.53. The molecule has 0 aliphatic carbocycles. The fourth-order valence-corrected chi connectivity index (χ4v) is 1.34. The van der Waals surface area contributed by atoms with Crippen LogP contribution in [0.2, 0.25) is 0 Å². The van der Waals surface area contributed by atoms with Crippen LogP contribution in [0.15, 0.2) is 11.6 Å². The predicted molar refractivity (Wildman–Crippen MR) is 53.3 cm³/mol. The second-order valence-electron chi connectivity index (χ2n) is 3.52. The lowest BCUT2D eigenvalue weighted by molar-refractivity contribution is 0.374. The Bertz CT molecular complexity index is 216. The van der Waals surface area contributed by atoms with Gasteiger partial charge in [0.2, 0.25) is 0 Å². The average molecular weight is 184 g/mol. The van der Waals surface area contributed by atoms with Crippen LogP contribution >= 0.6 is 11.3 Å². The highest BCUT2D eigenvalue weighted by atomic mass is 32.1. The first kappa shape index (κ1) is 9.68. The van der Waals surface area contributed by atoms with Crippen LogP contribution in [0.25, 0.3) is 0 Å². The van der Waals surface area contributed by atoms with Crippen LogP contribution in [-0.2, 0) is 6.54 Å². The molecular weight excluding hydrogens is 168 g/mol. The van der Waals surface area contributed by atoms with E-state index in [0.29, 0.717) is 0 Å². The molecular formula is C9H16N2S. The molecule has 1 aromatic rings. The Morgan fingerprint density at radius 1 is 1.58 bits per heavy atom. The summed E-state index contributed by atoms with van der Waals surface area (Å²) in [6.45, 7) is 7.49. The highest BCUT2D eigenvalue weighted by molar-refractivity contribution is 7.09. The molecule has 0 saturated carbocycles. The molecule has 0 unspecified atom stereocenters. The van der Waals surface area contributed by atoms with Gasteiger partial charge in [-0.25, -0.2) is 4.98 Å². The Kier molecular flexibility index (Phi) is 3.23. The van der Waals surface area contributed by atoms with E-state index < -0.39 is 0 Å². The minimum Gasteiger partial charge on any atom is -0.305 e. The molecule has 0 amide bonds. The van der Waals surface area contributed by atoms with Gasteiger partial charge >= 0.3 is 0 Å². The number of hydrogen-bond acceptors (Lipinski definition) is 3. The van der Waals surface area contributed by atoms with Gasteiger partial charge in [-0.2, -0.15) is 0 Å². The Hall–Kier alpha value is -0.410. The summed E-state index contributed by atoms with van der Waals surface area (Å²) in [4.78, 5) is 4.21. The molecule has 0 saturated heterocycles. The van der Waals surface area contributed by atoms with E-state index in [1.54, 1.807) is 11.3 Å². The lowest BCUT2D eigenvalue weighted by Crippen LogP contribution is -2.37. The Labute approximate surface area is 78.0 Å².